The standard InChI is InChI=1S/C28H29NO4S/c30-21-8-4-20(5-9-21)28-26(24-13-10-22(31)18-25(24)34-28)27(32)19-6-11-23(12-7-19)33-17-16-29-14-2-1-3-15-29/h4-13,18,26,28,30-31H,1-3,14-17H2/t26-,28-/m0/s1. The molecule has 2 aliphatic heterocycles. The number of rotatable bonds is 7. The van der Waals surface area contributed by atoms with Crippen LogP contribution in [0, 0.1) is 0 Å². The Bertz CT molecular complexity index is 1140. The Balaban J connectivity index is 1.32. The van der Waals surface area contributed by atoms with E-state index in [1.54, 1.807) is 36.0 Å². The summed E-state index contributed by atoms with van der Waals surface area (Å²) >= 11 is 1.58. The number of carbonyl (C=O) groups is 1. The number of fused-ring (bicyclic) bond motifs is 1. The lowest BCUT2D eigenvalue weighted by Crippen LogP contribution is -2.33. The summed E-state index contributed by atoms with van der Waals surface area (Å²) in [5.41, 5.74) is 2.53. The van der Waals surface area contributed by atoms with Crippen molar-refractivity contribution in [3.8, 4) is 17.2 Å². The van der Waals surface area contributed by atoms with Crippen LogP contribution in [0.25, 0.3) is 0 Å². The van der Waals surface area contributed by atoms with E-state index in [1.165, 1.54) is 19.3 Å². The number of aromatic hydroxyl groups is 2. The minimum Gasteiger partial charge on any atom is -0.508 e. The van der Waals surface area contributed by atoms with Crippen LogP contribution in [0.2, 0.25) is 0 Å². The number of phenolic OH excluding ortho intramolecular Hbond substituents is 2. The number of likely N-dealkylation sites (tertiary alicyclic amines) is 1. The maximum absolute atomic E-state index is 13.7. The molecule has 0 aromatic heterocycles. The third-order valence-electron chi connectivity index (χ3n) is 6.66. The highest BCUT2D eigenvalue weighted by Crippen LogP contribution is 2.56. The molecule has 3 aromatic rings. The van der Waals surface area contributed by atoms with Crippen molar-refractivity contribution in [2.45, 2.75) is 35.3 Å². The monoisotopic (exact) mass is 475 g/mol. The van der Waals surface area contributed by atoms with E-state index in [2.05, 4.69) is 4.90 Å². The summed E-state index contributed by atoms with van der Waals surface area (Å²) in [4.78, 5) is 17.1. The fourth-order valence-electron chi connectivity index (χ4n) is 4.82. The summed E-state index contributed by atoms with van der Waals surface area (Å²) in [6.07, 6.45) is 3.86. The van der Waals surface area contributed by atoms with Gasteiger partial charge in [0.2, 0.25) is 0 Å². The lowest BCUT2D eigenvalue weighted by Gasteiger charge is -2.26. The van der Waals surface area contributed by atoms with Gasteiger partial charge in [0.05, 0.1) is 5.92 Å². The molecule has 2 atom stereocenters. The molecule has 2 heterocycles. The number of carbonyl (C=O) groups excluding carboxylic acids is 1. The minimum absolute atomic E-state index is 0.0369. The van der Waals surface area contributed by atoms with Crippen LogP contribution in [0.3, 0.4) is 0 Å². The van der Waals surface area contributed by atoms with E-state index in [4.69, 9.17) is 4.74 Å². The predicted molar refractivity (Wildman–Crippen MR) is 134 cm³/mol. The Kier molecular flexibility index (Phi) is 6.79. The van der Waals surface area contributed by atoms with E-state index < -0.39 is 0 Å². The van der Waals surface area contributed by atoms with Crippen molar-refractivity contribution in [2.24, 2.45) is 0 Å². The molecule has 0 radical (unpaired) electrons. The highest BCUT2D eigenvalue weighted by Gasteiger charge is 2.39. The molecule has 1 fully saturated rings. The molecule has 0 bridgehead atoms. The van der Waals surface area contributed by atoms with Crippen LogP contribution in [0.15, 0.2) is 71.6 Å². The lowest BCUT2D eigenvalue weighted by molar-refractivity contribution is 0.0958. The highest BCUT2D eigenvalue weighted by atomic mass is 32.2. The van der Waals surface area contributed by atoms with Gasteiger partial charge in [0.1, 0.15) is 23.9 Å². The molecule has 5 nitrogen and oxygen atoms in total. The van der Waals surface area contributed by atoms with E-state index in [-0.39, 0.29) is 28.5 Å². The van der Waals surface area contributed by atoms with Crippen LogP contribution in [-0.2, 0) is 0 Å². The van der Waals surface area contributed by atoms with Gasteiger partial charge in [-0.15, -0.1) is 11.8 Å². The van der Waals surface area contributed by atoms with Crippen LogP contribution < -0.4 is 4.74 Å². The van der Waals surface area contributed by atoms with E-state index in [1.807, 2.05) is 42.5 Å². The summed E-state index contributed by atoms with van der Waals surface area (Å²) in [6, 6.07) is 19.7. The number of nitrogens with zero attached hydrogens (tertiary/aromatic N) is 1. The van der Waals surface area contributed by atoms with Crippen molar-refractivity contribution >= 4 is 17.5 Å². The number of piperidine rings is 1. The van der Waals surface area contributed by atoms with Crippen molar-refractivity contribution in [3.63, 3.8) is 0 Å². The molecule has 6 heteroatoms. The second-order valence-corrected chi connectivity index (χ2v) is 10.2. The lowest BCUT2D eigenvalue weighted by atomic mass is 9.85. The van der Waals surface area contributed by atoms with Gasteiger partial charge in [-0.05, 0) is 85.6 Å². The van der Waals surface area contributed by atoms with Crippen molar-refractivity contribution in [1.29, 1.82) is 0 Å². The predicted octanol–water partition coefficient (Wildman–Crippen LogP) is 5.78. The maximum Gasteiger partial charge on any atom is 0.171 e. The quantitative estimate of drug-likeness (QED) is 0.423. The average Bonchev–Trinajstić information content (AvgIpc) is 3.23. The van der Waals surface area contributed by atoms with Gasteiger partial charge in [0.25, 0.3) is 0 Å². The molecule has 0 unspecified atom stereocenters. The molecule has 5 rings (SSSR count). The summed E-state index contributed by atoms with van der Waals surface area (Å²) < 4.78 is 5.93. The van der Waals surface area contributed by atoms with E-state index >= 15 is 0 Å². The number of ketones is 1. The van der Waals surface area contributed by atoms with Crippen molar-refractivity contribution in [3.05, 3.63) is 83.4 Å². The molecule has 2 aliphatic rings. The van der Waals surface area contributed by atoms with Gasteiger partial charge in [-0.25, -0.2) is 0 Å². The molecular formula is C28H29NO4S. The molecule has 0 spiro atoms. The third-order valence-corrected chi connectivity index (χ3v) is 8.06. The van der Waals surface area contributed by atoms with Gasteiger partial charge in [-0.1, -0.05) is 24.6 Å². The number of Topliss-reactive ketones (excluding diaryl/α,β-unsaturated/α-hetero) is 1. The van der Waals surface area contributed by atoms with Gasteiger partial charge >= 0.3 is 0 Å². The zero-order chi connectivity index (χ0) is 23.5. The Morgan fingerprint density at radius 3 is 2.35 bits per heavy atom. The van der Waals surface area contributed by atoms with Gasteiger partial charge in [-0.2, -0.15) is 0 Å². The van der Waals surface area contributed by atoms with Crippen LogP contribution in [0.5, 0.6) is 17.2 Å². The van der Waals surface area contributed by atoms with E-state index in [9.17, 15) is 15.0 Å². The number of ether oxygens (including phenoxy) is 1. The zero-order valence-corrected chi connectivity index (χ0v) is 19.8. The number of benzene rings is 3. The average molecular weight is 476 g/mol. The zero-order valence-electron chi connectivity index (χ0n) is 19.0. The molecule has 3 aromatic carbocycles. The number of phenols is 2. The van der Waals surface area contributed by atoms with Crippen LogP contribution in [0.1, 0.15) is 51.9 Å². The summed E-state index contributed by atoms with van der Waals surface area (Å²) in [6.45, 7) is 3.87. The summed E-state index contributed by atoms with van der Waals surface area (Å²) in [5.74, 6) is 0.816. The largest absolute Gasteiger partial charge is 0.508 e. The van der Waals surface area contributed by atoms with Crippen molar-refractivity contribution < 1.29 is 19.7 Å². The molecule has 0 saturated carbocycles. The minimum atomic E-state index is -0.379. The molecule has 0 aliphatic carbocycles. The third kappa shape index (κ3) is 4.93. The molecule has 34 heavy (non-hydrogen) atoms. The second kappa shape index (κ2) is 10.1. The maximum atomic E-state index is 13.7. The Morgan fingerprint density at radius 2 is 1.62 bits per heavy atom. The first-order valence-electron chi connectivity index (χ1n) is 11.9. The van der Waals surface area contributed by atoms with Crippen molar-refractivity contribution in [1.82, 2.24) is 4.90 Å². The smallest absolute Gasteiger partial charge is 0.171 e. The fourth-order valence-corrected chi connectivity index (χ4v) is 6.32. The Morgan fingerprint density at radius 1 is 0.912 bits per heavy atom. The first-order chi connectivity index (χ1) is 16.6. The SMILES string of the molecule is O=C(c1ccc(OCCN2CCCCC2)cc1)[C@@H]1c2ccc(O)cc2S[C@H]1c1ccc(O)cc1. The van der Waals surface area contributed by atoms with Crippen LogP contribution in [0.4, 0.5) is 0 Å². The molecule has 176 valence electrons. The van der Waals surface area contributed by atoms with Gasteiger partial charge in [0.15, 0.2) is 5.78 Å². The molecule has 2 N–H and O–H groups in total. The summed E-state index contributed by atoms with van der Waals surface area (Å²) in [5, 5.41) is 19.5. The second-order valence-electron chi connectivity index (χ2n) is 8.97. The van der Waals surface area contributed by atoms with Gasteiger partial charge < -0.3 is 14.9 Å². The first kappa shape index (κ1) is 22.8. The molecule has 1 saturated heterocycles. The van der Waals surface area contributed by atoms with Gasteiger partial charge in [-0.3, -0.25) is 9.69 Å². The number of hydrogen-bond acceptors (Lipinski definition) is 6. The summed E-state index contributed by atoms with van der Waals surface area (Å²) in [7, 11) is 0. The van der Waals surface area contributed by atoms with Gasteiger partial charge in [0, 0.05) is 22.3 Å². The van der Waals surface area contributed by atoms with Crippen molar-refractivity contribution in [2.75, 3.05) is 26.2 Å². The number of hydrogen-bond donors (Lipinski definition) is 2. The Labute approximate surface area is 204 Å². The van der Waals surface area contributed by atoms with Crippen LogP contribution >= 0.6 is 11.8 Å². The highest BCUT2D eigenvalue weighted by molar-refractivity contribution is 8.00. The fraction of sp³-hybridized carbons (Fsp3) is 0.321. The van der Waals surface area contributed by atoms with E-state index in [0.717, 1.165) is 41.4 Å². The number of thioether (sulfide) groups is 1. The van der Waals surface area contributed by atoms with Crippen LogP contribution in [-0.4, -0.2) is 47.1 Å². The molecular weight excluding hydrogens is 446 g/mol. The topological polar surface area (TPSA) is 70.0 Å². The first-order valence-corrected chi connectivity index (χ1v) is 12.7. The molecule has 0 amide bonds. The Hall–Kier alpha value is -2.96. The van der Waals surface area contributed by atoms with E-state index in [0.29, 0.717) is 12.2 Å². The normalized spacial score (nSPS) is 20.1.